The molecule has 120 valence electrons. The summed E-state index contributed by atoms with van der Waals surface area (Å²) in [6, 6.07) is 23.3. The molecule has 0 spiro atoms. The summed E-state index contributed by atoms with van der Waals surface area (Å²) in [6.07, 6.45) is 0.337. The minimum atomic E-state index is -0.0728. The predicted octanol–water partition coefficient (Wildman–Crippen LogP) is 3.97. The minimum Gasteiger partial charge on any atom is -0.388 e. The lowest BCUT2D eigenvalue weighted by molar-refractivity contribution is -0.115. The Morgan fingerprint density at radius 2 is 1.67 bits per heavy atom. The fourth-order valence-corrected chi connectivity index (χ4v) is 2.44. The average Bonchev–Trinajstić information content (AvgIpc) is 2.63. The van der Waals surface area contributed by atoms with E-state index in [1.807, 2.05) is 73.8 Å². The summed E-state index contributed by atoms with van der Waals surface area (Å²) in [6.45, 7) is 0. The molecule has 1 heterocycles. The third-order valence-corrected chi connectivity index (χ3v) is 3.69. The first-order valence-electron chi connectivity index (χ1n) is 7.83. The van der Waals surface area contributed by atoms with E-state index < -0.39 is 0 Å². The van der Waals surface area contributed by atoms with Crippen LogP contribution in [-0.2, 0) is 11.2 Å². The van der Waals surface area contributed by atoms with Crippen molar-refractivity contribution in [3.63, 3.8) is 0 Å². The Bertz CT molecular complexity index is 814. The van der Waals surface area contributed by atoms with Crippen molar-refractivity contribution in [2.24, 2.45) is 0 Å². The maximum absolute atomic E-state index is 12.2. The summed E-state index contributed by atoms with van der Waals surface area (Å²) in [5, 5.41) is 5.95. The van der Waals surface area contributed by atoms with E-state index in [9.17, 15) is 4.79 Å². The number of anilines is 2. The molecule has 0 unspecified atom stereocenters. The van der Waals surface area contributed by atoms with E-state index in [0.717, 1.165) is 22.5 Å². The van der Waals surface area contributed by atoms with Gasteiger partial charge in [-0.15, -0.1) is 0 Å². The SMILES string of the molecule is CNc1ccc(-c2cccc(NC(=O)Cc3ccccc3)n2)cc1. The number of benzene rings is 2. The quantitative estimate of drug-likeness (QED) is 0.748. The predicted molar refractivity (Wildman–Crippen MR) is 98.0 cm³/mol. The molecule has 0 aliphatic heterocycles. The van der Waals surface area contributed by atoms with E-state index in [2.05, 4.69) is 15.6 Å². The molecule has 0 bridgehead atoms. The maximum atomic E-state index is 12.2. The van der Waals surface area contributed by atoms with E-state index >= 15 is 0 Å². The standard InChI is InChI=1S/C20H19N3O/c1-21-17-12-10-16(11-13-17)18-8-5-9-19(22-18)23-20(24)14-15-6-3-2-4-7-15/h2-13,21H,14H2,1H3,(H,22,23,24). The van der Waals surface area contributed by atoms with Gasteiger partial charge in [0.05, 0.1) is 12.1 Å². The molecule has 2 N–H and O–H groups in total. The number of pyridine rings is 1. The van der Waals surface area contributed by atoms with Crippen molar-refractivity contribution >= 4 is 17.4 Å². The number of nitrogens with zero attached hydrogens (tertiary/aromatic N) is 1. The molecule has 0 aliphatic carbocycles. The Kier molecular flexibility index (Phi) is 4.87. The molecule has 0 saturated carbocycles. The van der Waals surface area contributed by atoms with Gasteiger partial charge < -0.3 is 10.6 Å². The van der Waals surface area contributed by atoms with Crippen molar-refractivity contribution in [3.05, 3.63) is 78.4 Å². The lowest BCUT2D eigenvalue weighted by atomic mass is 10.1. The molecule has 4 heteroatoms. The van der Waals surface area contributed by atoms with Gasteiger partial charge in [0.15, 0.2) is 0 Å². The number of amides is 1. The number of hydrogen-bond donors (Lipinski definition) is 2. The van der Waals surface area contributed by atoms with Crippen molar-refractivity contribution in [2.45, 2.75) is 6.42 Å². The van der Waals surface area contributed by atoms with Crippen LogP contribution in [0.2, 0.25) is 0 Å². The van der Waals surface area contributed by atoms with E-state index in [1.54, 1.807) is 6.07 Å². The molecular weight excluding hydrogens is 298 g/mol. The van der Waals surface area contributed by atoms with Crippen LogP contribution in [0.5, 0.6) is 0 Å². The molecule has 0 atom stereocenters. The van der Waals surface area contributed by atoms with Crippen LogP contribution in [0.1, 0.15) is 5.56 Å². The third-order valence-electron chi connectivity index (χ3n) is 3.69. The van der Waals surface area contributed by atoms with Crippen LogP contribution in [0.3, 0.4) is 0 Å². The number of nitrogens with one attached hydrogen (secondary N) is 2. The number of aromatic nitrogens is 1. The Labute approximate surface area is 141 Å². The minimum absolute atomic E-state index is 0.0728. The Morgan fingerprint density at radius 3 is 2.38 bits per heavy atom. The number of carbonyl (C=O) groups excluding carboxylic acids is 1. The second kappa shape index (κ2) is 7.42. The first kappa shape index (κ1) is 15.7. The highest BCUT2D eigenvalue weighted by Gasteiger charge is 2.06. The molecule has 4 nitrogen and oxygen atoms in total. The fraction of sp³-hybridized carbons (Fsp3) is 0.100. The van der Waals surface area contributed by atoms with E-state index in [-0.39, 0.29) is 5.91 Å². The van der Waals surface area contributed by atoms with Crippen LogP contribution < -0.4 is 10.6 Å². The summed E-state index contributed by atoms with van der Waals surface area (Å²) in [5.74, 6) is 0.488. The molecule has 0 fully saturated rings. The second-order valence-electron chi connectivity index (χ2n) is 5.45. The average molecular weight is 317 g/mol. The summed E-state index contributed by atoms with van der Waals surface area (Å²) in [7, 11) is 1.89. The highest BCUT2D eigenvalue weighted by molar-refractivity contribution is 5.91. The molecule has 0 aliphatic rings. The van der Waals surface area contributed by atoms with Gasteiger partial charge in [0.25, 0.3) is 0 Å². The van der Waals surface area contributed by atoms with Crippen LogP contribution in [0.4, 0.5) is 11.5 Å². The maximum Gasteiger partial charge on any atom is 0.229 e. The van der Waals surface area contributed by atoms with Gasteiger partial charge in [-0.1, -0.05) is 48.5 Å². The molecule has 3 aromatic rings. The van der Waals surface area contributed by atoms with Gasteiger partial charge in [0.2, 0.25) is 5.91 Å². The van der Waals surface area contributed by atoms with Gasteiger partial charge in [-0.2, -0.15) is 0 Å². The molecular formula is C20H19N3O. The molecule has 24 heavy (non-hydrogen) atoms. The molecule has 3 rings (SSSR count). The van der Waals surface area contributed by atoms with E-state index in [0.29, 0.717) is 12.2 Å². The van der Waals surface area contributed by atoms with Crippen molar-refractivity contribution < 1.29 is 4.79 Å². The highest BCUT2D eigenvalue weighted by Crippen LogP contribution is 2.21. The molecule has 2 aromatic carbocycles. The summed E-state index contributed by atoms with van der Waals surface area (Å²) in [5.41, 5.74) is 3.86. The van der Waals surface area contributed by atoms with Gasteiger partial charge in [-0.25, -0.2) is 4.98 Å². The monoisotopic (exact) mass is 317 g/mol. The zero-order chi connectivity index (χ0) is 16.8. The first-order chi connectivity index (χ1) is 11.7. The van der Waals surface area contributed by atoms with Crippen LogP contribution >= 0.6 is 0 Å². The normalized spacial score (nSPS) is 10.2. The Hall–Kier alpha value is -3.14. The summed E-state index contributed by atoms with van der Waals surface area (Å²) < 4.78 is 0. The van der Waals surface area contributed by atoms with Crippen LogP contribution in [0, 0.1) is 0 Å². The van der Waals surface area contributed by atoms with Gasteiger partial charge in [0, 0.05) is 18.3 Å². The molecule has 0 saturated heterocycles. The van der Waals surface area contributed by atoms with Crippen LogP contribution in [0.15, 0.2) is 72.8 Å². The van der Waals surface area contributed by atoms with Gasteiger partial charge in [-0.05, 0) is 29.8 Å². The van der Waals surface area contributed by atoms with Crippen LogP contribution in [0.25, 0.3) is 11.3 Å². The van der Waals surface area contributed by atoms with Gasteiger partial charge in [-0.3, -0.25) is 4.79 Å². The number of carbonyl (C=O) groups is 1. The number of hydrogen-bond acceptors (Lipinski definition) is 3. The topological polar surface area (TPSA) is 54.0 Å². The van der Waals surface area contributed by atoms with Crippen molar-refractivity contribution in [3.8, 4) is 11.3 Å². The highest BCUT2D eigenvalue weighted by atomic mass is 16.1. The second-order valence-corrected chi connectivity index (χ2v) is 5.45. The zero-order valence-electron chi connectivity index (χ0n) is 13.5. The lowest BCUT2D eigenvalue weighted by Gasteiger charge is -2.08. The zero-order valence-corrected chi connectivity index (χ0v) is 13.5. The van der Waals surface area contributed by atoms with Gasteiger partial charge in [0.1, 0.15) is 5.82 Å². The lowest BCUT2D eigenvalue weighted by Crippen LogP contribution is -2.15. The summed E-state index contributed by atoms with van der Waals surface area (Å²) in [4.78, 5) is 16.7. The van der Waals surface area contributed by atoms with Crippen molar-refractivity contribution in [1.29, 1.82) is 0 Å². The van der Waals surface area contributed by atoms with E-state index in [1.165, 1.54) is 0 Å². The third kappa shape index (κ3) is 3.98. The van der Waals surface area contributed by atoms with Crippen molar-refractivity contribution in [2.75, 3.05) is 17.7 Å². The smallest absolute Gasteiger partial charge is 0.229 e. The van der Waals surface area contributed by atoms with Crippen molar-refractivity contribution in [1.82, 2.24) is 4.98 Å². The number of rotatable bonds is 5. The largest absolute Gasteiger partial charge is 0.388 e. The summed E-state index contributed by atoms with van der Waals surface area (Å²) >= 11 is 0. The Balaban J connectivity index is 1.71. The van der Waals surface area contributed by atoms with E-state index in [4.69, 9.17) is 0 Å². The molecule has 1 amide bonds. The molecule has 0 radical (unpaired) electrons. The first-order valence-corrected chi connectivity index (χ1v) is 7.83. The Morgan fingerprint density at radius 1 is 0.917 bits per heavy atom. The molecule has 1 aromatic heterocycles. The van der Waals surface area contributed by atoms with Gasteiger partial charge >= 0.3 is 0 Å². The fourth-order valence-electron chi connectivity index (χ4n) is 2.44. The van der Waals surface area contributed by atoms with Crippen LogP contribution in [-0.4, -0.2) is 17.9 Å².